The molecule has 0 N–H and O–H groups in total. The van der Waals surface area contributed by atoms with Crippen molar-refractivity contribution in [2.24, 2.45) is 0 Å². The van der Waals surface area contributed by atoms with Crippen LogP contribution in [-0.4, -0.2) is 35.0 Å². The maximum atomic E-state index is 13.6. The predicted molar refractivity (Wildman–Crippen MR) is 123 cm³/mol. The molecule has 4 rings (SSSR count). The normalized spacial score (nSPS) is 16.8. The number of pyridine rings is 1. The van der Waals surface area contributed by atoms with Gasteiger partial charge in [-0.15, -0.1) is 0 Å². The number of aromatic nitrogens is 1. The zero-order chi connectivity index (χ0) is 22.5. The summed E-state index contributed by atoms with van der Waals surface area (Å²) in [6.07, 6.45) is 3.74. The lowest BCUT2D eigenvalue weighted by Crippen LogP contribution is -2.45. The second kappa shape index (κ2) is 9.94. The molecule has 0 spiro atoms. The van der Waals surface area contributed by atoms with Gasteiger partial charge in [-0.2, -0.15) is 0 Å². The minimum absolute atomic E-state index is 0.0152. The van der Waals surface area contributed by atoms with Crippen LogP contribution >= 0.6 is 0 Å². The third-order valence-electron chi connectivity index (χ3n) is 6.50. The summed E-state index contributed by atoms with van der Waals surface area (Å²) in [6.45, 7) is 4.83. The standard InChI is InChI=1S/C27H29FN2O2/c1-19(21-10-13-23(28)14-11-21)27(31)30(17-18-32-26-9-5-6-16-29-26)20(2)24-15-12-22-7-3-4-8-25(22)24/h3-11,13-14,16,19-20,24H,12,15,17-18H2,1-2H3. The number of amides is 1. The maximum Gasteiger partial charge on any atom is 0.230 e. The number of rotatable bonds is 8. The van der Waals surface area contributed by atoms with Gasteiger partial charge in [0, 0.05) is 24.2 Å². The zero-order valence-electron chi connectivity index (χ0n) is 18.6. The molecule has 0 bridgehead atoms. The minimum atomic E-state index is -0.371. The van der Waals surface area contributed by atoms with Crippen molar-refractivity contribution in [1.29, 1.82) is 0 Å². The molecule has 0 aliphatic heterocycles. The lowest BCUT2D eigenvalue weighted by atomic mass is 9.91. The van der Waals surface area contributed by atoms with Crippen LogP contribution in [0.4, 0.5) is 4.39 Å². The van der Waals surface area contributed by atoms with E-state index in [4.69, 9.17) is 4.74 Å². The summed E-state index contributed by atoms with van der Waals surface area (Å²) in [6, 6.07) is 20.2. The first-order valence-corrected chi connectivity index (χ1v) is 11.2. The molecule has 0 fully saturated rings. The van der Waals surface area contributed by atoms with Gasteiger partial charge < -0.3 is 9.64 Å². The summed E-state index contributed by atoms with van der Waals surface area (Å²) < 4.78 is 19.2. The van der Waals surface area contributed by atoms with Gasteiger partial charge in [-0.25, -0.2) is 9.37 Å². The summed E-state index contributed by atoms with van der Waals surface area (Å²) in [5, 5.41) is 0. The van der Waals surface area contributed by atoms with E-state index in [1.807, 2.05) is 30.0 Å². The molecule has 4 nitrogen and oxygen atoms in total. The Morgan fingerprint density at radius 3 is 2.59 bits per heavy atom. The van der Waals surface area contributed by atoms with Crippen LogP contribution in [0.5, 0.6) is 5.88 Å². The lowest BCUT2D eigenvalue weighted by molar-refractivity contribution is -0.135. The van der Waals surface area contributed by atoms with Gasteiger partial charge in [0.1, 0.15) is 12.4 Å². The highest BCUT2D eigenvalue weighted by Gasteiger charge is 2.34. The van der Waals surface area contributed by atoms with Crippen LogP contribution in [-0.2, 0) is 11.2 Å². The number of ether oxygens (including phenoxy) is 1. The molecule has 0 saturated heterocycles. The summed E-state index contributed by atoms with van der Waals surface area (Å²) in [5.74, 6) is 0.184. The molecular formula is C27H29FN2O2. The first kappa shape index (κ1) is 22.0. The van der Waals surface area contributed by atoms with Gasteiger partial charge >= 0.3 is 0 Å². The molecule has 2 aromatic carbocycles. The number of carbonyl (C=O) groups excluding carboxylic acids is 1. The van der Waals surface area contributed by atoms with Crippen LogP contribution in [0.25, 0.3) is 0 Å². The fourth-order valence-corrected chi connectivity index (χ4v) is 4.65. The van der Waals surface area contributed by atoms with Gasteiger partial charge in [-0.3, -0.25) is 4.79 Å². The first-order valence-electron chi connectivity index (χ1n) is 11.2. The molecule has 3 unspecified atom stereocenters. The Kier molecular flexibility index (Phi) is 6.84. The van der Waals surface area contributed by atoms with Crippen molar-refractivity contribution in [2.45, 2.75) is 44.6 Å². The molecular weight excluding hydrogens is 403 g/mol. The average molecular weight is 433 g/mol. The Balaban J connectivity index is 1.54. The number of hydrogen-bond donors (Lipinski definition) is 0. The molecule has 1 aliphatic rings. The molecule has 1 aliphatic carbocycles. The summed E-state index contributed by atoms with van der Waals surface area (Å²) >= 11 is 0. The number of benzene rings is 2. The first-order chi connectivity index (χ1) is 15.5. The lowest BCUT2D eigenvalue weighted by Gasteiger charge is -2.35. The Bertz CT molecular complexity index is 1040. The van der Waals surface area contributed by atoms with E-state index in [1.54, 1.807) is 18.3 Å². The molecule has 3 atom stereocenters. The van der Waals surface area contributed by atoms with E-state index < -0.39 is 0 Å². The van der Waals surface area contributed by atoms with Gasteiger partial charge in [0.25, 0.3) is 0 Å². The highest BCUT2D eigenvalue weighted by atomic mass is 19.1. The van der Waals surface area contributed by atoms with Gasteiger partial charge in [0.05, 0.1) is 12.5 Å². The Morgan fingerprint density at radius 1 is 1.09 bits per heavy atom. The largest absolute Gasteiger partial charge is 0.476 e. The minimum Gasteiger partial charge on any atom is -0.476 e. The van der Waals surface area contributed by atoms with Crippen LogP contribution in [0.1, 0.15) is 48.8 Å². The number of hydrogen-bond acceptors (Lipinski definition) is 3. The fraction of sp³-hybridized carbons (Fsp3) is 0.333. The van der Waals surface area contributed by atoms with Crippen molar-refractivity contribution in [3.05, 3.63) is 95.4 Å². The maximum absolute atomic E-state index is 13.6. The highest BCUT2D eigenvalue weighted by Crippen LogP contribution is 2.38. The second-order valence-corrected chi connectivity index (χ2v) is 8.41. The van der Waals surface area contributed by atoms with Crippen molar-refractivity contribution in [2.75, 3.05) is 13.2 Å². The van der Waals surface area contributed by atoms with E-state index in [-0.39, 0.29) is 29.6 Å². The van der Waals surface area contributed by atoms with E-state index >= 15 is 0 Å². The smallest absolute Gasteiger partial charge is 0.230 e. The third-order valence-corrected chi connectivity index (χ3v) is 6.50. The van der Waals surface area contributed by atoms with Crippen LogP contribution in [0.15, 0.2) is 72.9 Å². The predicted octanol–water partition coefficient (Wildman–Crippen LogP) is 5.35. The fourth-order valence-electron chi connectivity index (χ4n) is 4.65. The van der Waals surface area contributed by atoms with E-state index in [0.29, 0.717) is 19.0 Å². The zero-order valence-corrected chi connectivity index (χ0v) is 18.6. The second-order valence-electron chi connectivity index (χ2n) is 8.41. The average Bonchev–Trinajstić information content (AvgIpc) is 3.26. The number of carbonyl (C=O) groups is 1. The summed E-state index contributed by atoms with van der Waals surface area (Å²) in [7, 11) is 0. The van der Waals surface area contributed by atoms with Crippen molar-refractivity contribution >= 4 is 5.91 Å². The van der Waals surface area contributed by atoms with Gasteiger partial charge in [0.15, 0.2) is 0 Å². The molecule has 0 saturated carbocycles. The SMILES string of the molecule is CC(C(=O)N(CCOc1ccccn1)C(C)C1CCc2ccccc21)c1ccc(F)cc1. The highest BCUT2D eigenvalue weighted by molar-refractivity contribution is 5.83. The van der Waals surface area contributed by atoms with E-state index in [1.165, 1.54) is 23.3 Å². The number of nitrogens with zero attached hydrogens (tertiary/aromatic N) is 2. The molecule has 1 amide bonds. The van der Waals surface area contributed by atoms with Crippen molar-refractivity contribution in [3.8, 4) is 5.88 Å². The van der Waals surface area contributed by atoms with Crippen molar-refractivity contribution in [3.63, 3.8) is 0 Å². The number of fused-ring (bicyclic) bond motifs is 1. The van der Waals surface area contributed by atoms with Crippen molar-refractivity contribution < 1.29 is 13.9 Å². The summed E-state index contributed by atoms with van der Waals surface area (Å²) in [5.41, 5.74) is 3.51. The van der Waals surface area contributed by atoms with E-state index in [2.05, 4.69) is 36.2 Å². The molecule has 3 aromatic rings. The van der Waals surface area contributed by atoms with Gasteiger partial charge in [-0.1, -0.05) is 42.5 Å². The summed E-state index contributed by atoms with van der Waals surface area (Å²) in [4.78, 5) is 19.8. The van der Waals surface area contributed by atoms with E-state index in [9.17, 15) is 9.18 Å². The Morgan fingerprint density at radius 2 is 1.84 bits per heavy atom. The van der Waals surface area contributed by atoms with Crippen LogP contribution < -0.4 is 4.74 Å². The number of aryl methyl sites for hydroxylation is 1. The van der Waals surface area contributed by atoms with E-state index in [0.717, 1.165) is 18.4 Å². The number of halogens is 1. The molecule has 1 aromatic heterocycles. The monoisotopic (exact) mass is 432 g/mol. The molecule has 5 heteroatoms. The Hall–Kier alpha value is -3.21. The molecule has 32 heavy (non-hydrogen) atoms. The van der Waals surface area contributed by atoms with Crippen LogP contribution in [0.3, 0.4) is 0 Å². The van der Waals surface area contributed by atoms with Gasteiger partial charge in [-0.05, 0) is 61.6 Å². The van der Waals surface area contributed by atoms with Gasteiger partial charge in [0.2, 0.25) is 11.8 Å². The Labute approximate surface area is 189 Å². The molecule has 0 radical (unpaired) electrons. The molecule has 1 heterocycles. The quantitative estimate of drug-likeness (QED) is 0.482. The third kappa shape index (κ3) is 4.82. The van der Waals surface area contributed by atoms with Crippen LogP contribution in [0.2, 0.25) is 0 Å². The van der Waals surface area contributed by atoms with Crippen LogP contribution in [0, 0.1) is 5.82 Å². The molecule has 166 valence electrons. The van der Waals surface area contributed by atoms with Crippen molar-refractivity contribution in [1.82, 2.24) is 9.88 Å². The topological polar surface area (TPSA) is 42.4 Å².